The van der Waals surface area contributed by atoms with Crippen molar-refractivity contribution in [3.05, 3.63) is 46.0 Å². The fourth-order valence-corrected chi connectivity index (χ4v) is 7.27. The van der Waals surface area contributed by atoms with Crippen LogP contribution < -0.4 is 0 Å². The van der Waals surface area contributed by atoms with Gasteiger partial charge in [0.05, 0.1) is 18.1 Å². The van der Waals surface area contributed by atoms with Crippen molar-refractivity contribution >= 4 is 41.2 Å². The van der Waals surface area contributed by atoms with Gasteiger partial charge in [-0.05, 0) is 31.4 Å². The summed E-state index contributed by atoms with van der Waals surface area (Å²) in [4.78, 5) is 42.5. The van der Waals surface area contributed by atoms with E-state index in [2.05, 4.69) is 17.5 Å². The van der Waals surface area contributed by atoms with Crippen LogP contribution in [0.25, 0.3) is 0 Å². The number of thiol groups is 1. The molecule has 3 heterocycles. The fourth-order valence-electron chi connectivity index (χ4n) is 5.26. The largest absolute Gasteiger partial charge is 0.392 e. The molecule has 0 aromatic heterocycles. The molecule has 0 radical (unpaired) electrons. The smallest absolute Gasteiger partial charge is 0.236 e. The lowest BCUT2D eigenvalue weighted by molar-refractivity contribution is -0.154. The van der Waals surface area contributed by atoms with Crippen molar-refractivity contribution in [3.8, 4) is 0 Å². The SMILES string of the molecule is CC[C@H](O)[C@@H]1C(=O)N2C(C(=O)S)=C(C3CCN(C4Cc5ccccc5C4=O)C3)S[C@H]12. The number of Topliss-reactive ketones (excluding diaryl/α,β-unsaturated/α-hetero) is 1. The average molecular weight is 445 g/mol. The second-order valence-electron chi connectivity index (χ2n) is 8.46. The van der Waals surface area contributed by atoms with Crippen LogP contribution in [0.3, 0.4) is 0 Å². The number of β-lactam (4-membered cyclic amide) rings is 1. The van der Waals surface area contributed by atoms with Gasteiger partial charge in [0.25, 0.3) is 0 Å². The number of carbonyl (C=O) groups is 3. The van der Waals surface area contributed by atoms with Crippen LogP contribution in [0.2, 0.25) is 0 Å². The summed E-state index contributed by atoms with van der Waals surface area (Å²) in [5, 5.41) is 9.62. The van der Waals surface area contributed by atoms with E-state index in [0.29, 0.717) is 18.7 Å². The van der Waals surface area contributed by atoms with E-state index in [1.165, 1.54) is 16.7 Å². The van der Waals surface area contributed by atoms with Crippen molar-refractivity contribution in [2.75, 3.05) is 13.1 Å². The molecule has 1 N–H and O–H groups in total. The molecule has 0 spiro atoms. The molecule has 2 fully saturated rings. The van der Waals surface area contributed by atoms with Crippen LogP contribution in [-0.4, -0.2) is 62.3 Å². The van der Waals surface area contributed by atoms with Crippen LogP contribution in [0.1, 0.15) is 35.7 Å². The van der Waals surface area contributed by atoms with Gasteiger partial charge in [0.2, 0.25) is 11.0 Å². The summed E-state index contributed by atoms with van der Waals surface area (Å²) in [6.45, 7) is 3.32. The lowest BCUT2D eigenvalue weighted by Crippen LogP contribution is -2.61. The van der Waals surface area contributed by atoms with Gasteiger partial charge in [-0.1, -0.05) is 43.8 Å². The first-order valence-electron chi connectivity index (χ1n) is 10.4. The van der Waals surface area contributed by atoms with E-state index in [-0.39, 0.29) is 29.0 Å². The Morgan fingerprint density at radius 1 is 1.33 bits per heavy atom. The molecule has 2 saturated heterocycles. The summed E-state index contributed by atoms with van der Waals surface area (Å²) in [5.74, 6) is -0.389. The maximum Gasteiger partial charge on any atom is 0.236 e. The molecule has 2 unspecified atom stereocenters. The van der Waals surface area contributed by atoms with Crippen molar-refractivity contribution < 1.29 is 19.5 Å². The first kappa shape index (κ1) is 20.3. The zero-order valence-corrected chi connectivity index (χ0v) is 18.4. The monoisotopic (exact) mass is 444 g/mol. The Morgan fingerprint density at radius 3 is 2.80 bits per heavy atom. The van der Waals surface area contributed by atoms with Crippen LogP contribution >= 0.6 is 24.4 Å². The van der Waals surface area contributed by atoms with Gasteiger partial charge in [0.1, 0.15) is 11.1 Å². The number of fused-ring (bicyclic) bond motifs is 2. The van der Waals surface area contributed by atoms with E-state index in [9.17, 15) is 19.5 Å². The van der Waals surface area contributed by atoms with E-state index >= 15 is 0 Å². The Hall–Kier alpha value is -1.61. The number of benzene rings is 1. The maximum absolute atomic E-state index is 12.9. The highest BCUT2D eigenvalue weighted by Crippen LogP contribution is 2.54. The molecule has 0 saturated carbocycles. The number of aliphatic hydroxyl groups is 1. The summed E-state index contributed by atoms with van der Waals surface area (Å²) in [7, 11) is 0. The molecule has 1 amide bonds. The van der Waals surface area contributed by atoms with E-state index in [1.807, 2.05) is 31.2 Å². The summed E-state index contributed by atoms with van der Waals surface area (Å²) < 4.78 is 0. The van der Waals surface area contributed by atoms with E-state index in [4.69, 9.17) is 0 Å². The molecule has 5 atom stereocenters. The predicted molar refractivity (Wildman–Crippen MR) is 117 cm³/mol. The van der Waals surface area contributed by atoms with Crippen molar-refractivity contribution in [1.82, 2.24) is 9.80 Å². The third-order valence-electron chi connectivity index (χ3n) is 6.87. The maximum atomic E-state index is 12.9. The summed E-state index contributed by atoms with van der Waals surface area (Å²) in [5.41, 5.74) is 2.30. The average Bonchev–Trinajstić information content (AvgIpc) is 3.42. The van der Waals surface area contributed by atoms with Crippen molar-refractivity contribution in [2.24, 2.45) is 11.8 Å². The molecule has 6 nitrogen and oxygen atoms in total. The van der Waals surface area contributed by atoms with E-state index in [0.717, 1.165) is 35.4 Å². The molecule has 30 heavy (non-hydrogen) atoms. The predicted octanol–water partition coefficient (Wildman–Crippen LogP) is 2.09. The molecular weight excluding hydrogens is 420 g/mol. The quantitative estimate of drug-likeness (QED) is 0.535. The second kappa shape index (κ2) is 7.51. The molecule has 8 heteroatoms. The van der Waals surface area contributed by atoms with Crippen molar-refractivity contribution in [2.45, 2.75) is 43.7 Å². The lowest BCUT2D eigenvalue weighted by atomic mass is 9.89. The Kier molecular flexibility index (Phi) is 5.08. The van der Waals surface area contributed by atoms with Crippen molar-refractivity contribution in [3.63, 3.8) is 0 Å². The number of nitrogens with zero attached hydrogens (tertiary/aromatic N) is 2. The first-order chi connectivity index (χ1) is 14.4. The third kappa shape index (κ3) is 2.92. The van der Waals surface area contributed by atoms with Crippen LogP contribution in [0.5, 0.6) is 0 Å². The van der Waals surface area contributed by atoms with Gasteiger partial charge >= 0.3 is 0 Å². The van der Waals surface area contributed by atoms with E-state index < -0.39 is 17.1 Å². The second-order valence-corrected chi connectivity index (χ2v) is 10.0. The molecule has 1 aromatic carbocycles. The molecule has 0 bridgehead atoms. The zero-order chi connectivity index (χ0) is 21.2. The zero-order valence-electron chi connectivity index (χ0n) is 16.7. The van der Waals surface area contributed by atoms with Gasteiger partial charge in [0, 0.05) is 22.9 Å². The normalized spacial score (nSPS) is 31.8. The van der Waals surface area contributed by atoms with Gasteiger partial charge in [-0.25, -0.2) is 0 Å². The highest BCUT2D eigenvalue weighted by atomic mass is 32.2. The van der Waals surface area contributed by atoms with Crippen molar-refractivity contribution in [1.29, 1.82) is 0 Å². The third-order valence-corrected chi connectivity index (χ3v) is 8.61. The summed E-state index contributed by atoms with van der Waals surface area (Å²) in [6, 6.07) is 7.63. The van der Waals surface area contributed by atoms with Gasteiger partial charge in [-0.15, -0.1) is 11.8 Å². The van der Waals surface area contributed by atoms with Gasteiger partial charge in [-0.3, -0.25) is 24.2 Å². The topological polar surface area (TPSA) is 77.9 Å². The molecule has 5 rings (SSSR count). The van der Waals surface area contributed by atoms with Gasteiger partial charge in [-0.2, -0.15) is 0 Å². The number of aliphatic hydroxyl groups excluding tert-OH is 1. The minimum absolute atomic E-state index is 0.0930. The molecule has 158 valence electrons. The Morgan fingerprint density at radius 2 is 2.10 bits per heavy atom. The van der Waals surface area contributed by atoms with Gasteiger partial charge in [0.15, 0.2) is 5.78 Å². The van der Waals surface area contributed by atoms with Crippen LogP contribution in [0.4, 0.5) is 0 Å². The molecule has 3 aliphatic heterocycles. The minimum Gasteiger partial charge on any atom is -0.392 e. The highest BCUT2D eigenvalue weighted by molar-refractivity contribution is 8.04. The number of ketones is 1. The fraction of sp³-hybridized carbons (Fsp3) is 0.500. The highest BCUT2D eigenvalue weighted by Gasteiger charge is 2.58. The number of hydrogen-bond donors (Lipinski definition) is 2. The standard InChI is InChI=1S/C22H24N2O4S2/c1-2-15(25)16-20(27)24-17(22(28)29)19(30-21(16)24)12-7-8-23(10-12)14-9-11-5-3-4-6-13(11)18(14)26/h3-6,12,14-16,21,25H,2,7-10H2,1H3,(H,28,29)/t12?,14?,15-,16+,21+/m0/s1. The van der Waals surface area contributed by atoms with Crippen LogP contribution in [0, 0.1) is 11.8 Å². The first-order valence-corrected chi connectivity index (χ1v) is 11.8. The van der Waals surface area contributed by atoms with Gasteiger partial charge < -0.3 is 5.11 Å². The summed E-state index contributed by atoms with van der Waals surface area (Å²) in [6.07, 6.45) is 1.37. The Balaban J connectivity index is 1.35. The molecular formula is C22H24N2O4S2. The van der Waals surface area contributed by atoms with Crippen LogP contribution in [0.15, 0.2) is 34.9 Å². The minimum atomic E-state index is -0.698. The number of thioether (sulfide) groups is 1. The Labute approximate surface area is 185 Å². The number of rotatable bonds is 5. The molecule has 1 aromatic rings. The lowest BCUT2D eigenvalue weighted by Gasteiger charge is -2.44. The molecule has 4 aliphatic rings. The summed E-state index contributed by atoms with van der Waals surface area (Å²) >= 11 is 5.57. The number of hydrogen-bond acceptors (Lipinski definition) is 6. The number of carbonyl (C=O) groups excluding carboxylic acids is 3. The molecule has 1 aliphatic carbocycles. The number of likely N-dealkylation sites (tertiary alicyclic amines) is 1. The van der Waals surface area contributed by atoms with E-state index in [1.54, 1.807) is 0 Å². The Bertz CT molecular complexity index is 978. The number of amides is 1. The van der Waals surface area contributed by atoms with Crippen LogP contribution in [-0.2, 0) is 16.0 Å².